The number of nitrogens with two attached hydrogens (primary N) is 1. The number of hydrogen-bond donors (Lipinski definition) is 2. The molecule has 0 unspecified atom stereocenters. The van der Waals surface area contributed by atoms with Gasteiger partial charge in [-0.15, -0.1) is 12.4 Å². The third kappa shape index (κ3) is 4.33. The standard InChI is InChI=1S/C13H17F4NO.ClH/c1-12(2,3)11(19)10(18)7-4-5-9(14)8(6-7)13(15,16)17;/h4-6,10-11,19H,18H2,1-3H3;1H/t10-,11-;/m1./s1. The summed E-state index contributed by atoms with van der Waals surface area (Å²) in [4.78, 5) is 0. The number of halogens is 5. The largest absolute Gasteiger partial charge is 0.419 e. The topological polar surface area (TPSA) is 46.2 Å². The molecule has 1 rings (SSSR count). The van der Waals surface area contributed by atoms with Crippen molar-refractivity contribution in [2.75, 3.05) is 0 Å². The lowest BCUT2D eigenvalue weighted by molar-refractivity contribution is -0.140. The van der Waals surface area contributed by atoms with E-state index < -0.39 is 35.1 Å². The van der Waals surface area contributed by atoms with Crippen LogP contribution in [0.25, 0.3) is 0 Å². The molecule has 2 nitrogen and oxygen atoms in total. The van der Waals surface area contributed by atoms with Crippen molar-refractivity contribution in [1.29, 1.82) is 0 Å². The Hall–Kier alpha value is -0.850. The van der Waals surface area contributed by atoms with Gasteiger partial charge in [-0.2, -0.15) is 13.2 Å². The van der Waals surface area contributed by atoms with Crippen LogP contribution in [0.5, 0.6) is 0 Å². The maximum atomic E-state index is 13.1. The van der Waals surface area contributed by atoms with Crippen molar-refractivity contribution in [3.63, 3.8) is 0 Å². The third-order valence-corrected chi connectivity index (χ3v) is 2.91. The normalized spacial score (nSPS) is 15.4. The third-order valence-electron chi connectivity index (χ3n) is 2.91. The SMILES string of the molecule is CC(C)(C)[C@H](O)[C@H](N)c1ccc(F)c(C(F)(F)F)c1.Cl. The zero-order valence-electron chi connectivity index (χ0n) is 11.3. The van der Waals surface area contributed by atoms with E-state index in [9.17, 15) is 22.7 Å². The lowest BCUT2D eigenvalue weighted by atomic mass is 9.82. The van der Waals surface area contributed by atoms with Crippen LogP contribution in [0.2, 0.25) is 0 Å². The second-order valence-electron chi connectivity index (χ2n) is 5.57. The second kappa shape index (κ2) is 6.28. The van der Waals surface area contributed by atoms with Gasteiger partial charge < -0.3 is 10.8 Å². The van der Waals surface area contributed by atoms with Gasteiger partial charge in [0.05, 0.1) is 17.7 Å². The molecule has 20 heavy (non-hydrogen) atoms. The van der Waals surface area contributed by atoms with E-state index in [2.05, 4.69) is 0 Å². The Kier molecular flexibility index (Phi) is 6.02. The highest BCUT2D eigenvalue weighted by Crippen LogP contribution is 2.35. The van der Waals surface area contributed by atoms with Gasteiger partial charge in [0.15, 0.2) is 0 Å². The Morgan fingerprint density at radius 3 is 2.05 bits per heavy atom. The minimum atomic E-state index is -4.79. The summed E-state index contributed by atoms with van der Waals surface area (Å²) < 4.78 is 50.9. The molecule has 0 aromatic heterocycles. The molecule has 0 heterocycles. The van der Waals surface area contributed by atoms with Crippen molar-refractivity contribution in [1.82, 2.24) is 0 Å². The quantitative estimate of drug-likeness (QED) is 0.818. The van der Waals surface area contributed by atoms with Crippen LogP contribution in [0.3, 0.4) is 0 Å². The van der Waals surface area contributed by atoms with Crippen molar-refractivity contribution in [3.8, 4) is 0 Å². The molecule has 0 aliphatic carbocycles. The molecule has 7 heteroatoms. The summed E-state index contributed by atoms with van der Waals surface area (Å²) in [6.45, 7) is 5.14. The predicted octanol–water partition coefficient (Wildman–Crippen LogP) is 3.67. The molecule has 116 valence electrons. The van der Waals surface area contributed by atoms with Gasteiger partial charge in [0.25, 0.3) is 0 Å². The first-order valence-electron chi connectivity index (χ1n) is 5.75. The summed E-state index contributed by atoms with van der Waals surface area (Å²) in [6, 6.07) is 1.51. The van der Waals surface area contributed by atoms with E-state index in [1.807, 2.05) is 0 Å². The van der Waals surface area contributed by atoms with E-state index in [4.69, 9.17) is 5.73 Å². The monoisotopic (exact) mass is 315 g/mol. The molecule has 0 bridgehead atoms. The van der Waals surface area contributed by atoms with Crippen LogP contribution in [0, 0.1) is 11.2 Å². The molecular formula is C13H18ClF4NO. The van der Waals surface area contributed by atoms with Gasteiger partial charge in [0, 0.05) is 0 Å². The van der Waals surface area contributed by atoms with Gasteiger partial charge in [0.1, 0.15) is 5.82 Å². The lowest BCUT2D eigenvalue weighted by Crippen LogP contribution is -2.37. The van der Waals surface area contributed by atoms with E-state index in [0.29, 0.717) is 12.1 Å². The molecule has 0 aliphatic heterocycles. The summed E-state index contributed by atoms with van der Waals surface area (Å²) >= 11 is 0. The molecule has 0 saturated carbocycles. The number of aliphatic hydroxyl groups excluding tert-OH is 1. The first kappa shape index (κ1) is 19.1. The van der Waals surface area contributed by atoms with Gasteiger partial charge in [-0.25, -0.2) is 4.39 Å². The molecule has 2 atom stereocenters. The van der Waals surface area contributed by atoms with Gasteiger partial charge in [-0.05, 0) is 23.1 Å². The van der Waals surface area contributed by atoms with Gasteiger partial charge in [0.2, 0.25) is 0 Å². The highest BCUT2D eigenvalue weighted by Gasteiger charge is 2.36. The summed E-state index contributed by atoms with van der Waals surface area (Å²) in [5.41, 5.74) is 3.83. The minimum absolute atomic E-state index is 0. The van der Waals surface area contributed by atoms with Crippen molar-refractivity contribution >= 4 is 12.4 Å². The summed E-state index contributed by atoms with van der Waals surface area (Å²) in [6.07, 6.45) is -5.83. The molecule has 0 aliphatic rings. The van der Waals surface area contributed by atoms with Crippen LogP contribution in [0.1, 0.15) is 37.9 Å². The van der Waals surface area contributed by atoms with Crippen LogP contribution in [-0.2, 0) is 6.18 Å². The summed E-state index contributed by atoms with van der Waals surface area (Å²) in [5, 5.41) is 9.97. The Bertz CT molecular complexity index is 457. The summed E-state index contributed by atoms with van der Waals surface area (Å²) in [7, 11) is 0. The van der Waals surface area contributed by atoms with Gasteiger partial charge >= 0.3 is 6.18 Å². The average Bonchev–Trinajstić information content (AvgIpc) is 2.25. The summed E-state index contributed by atoms with van der Waals surface area (Å²) in [5.74, 6) is -1.35. The molecule has 1 aromatic rings. The number of aliphatic hydroxyl groups is 1. The van der Waals surface area contributed by atoms with E-state index in [1.54, 1.807) is 20.8 Å². The molecule has 0 radical (unpaired) electrons. The fraction of sp³-hybridized carbons (Fsp3) is 0.538. The van der Waals surface area contributed by atoms with Crippen molar-refractivity contribution in [3.05, 3.63) is 35.1 Å². The predicted molar refractivity (Wildman–Crippen MR) is 71.0 cm³/mol. The zero-order chi connectivity index (χ0) is 15.0. The number of hydrogen-bond acceptors (Lipinski definition) is 2. The van der Waals surface area contributed by atoms with Gasteiger partial charge in [-0.3, -0.25) is 0 Å². The van der Waals surface area contributed by atoms with Crippen LogP contribution in [-0.4, -0.2) is 11.2 Å². The van der Waals surface area contributed by atoms with Crippen molar-refractivity contribution < 1.29 is 22.7 Å². The fourth-order valence-electron chi connectivity index (χ4n) is 1.69. The molecule has 1 aromatic carbocycles. The second-order valence-corrected chi connectivity index (χ2v) is 5.57. The van der Waals surface area contributed by atoms with E-state index >= 15 is 0 Å². The molecule has 0 saturated heterocycles. The van der Waals surface area contributed by atoms with Crippen LogP contribution >= 0.6 is 12.4 Å². The van der Waals surface area contributed by atoms with E-state index in [-0.39, 0.29) is 18.0 Å². The lowest BCUT2D eigenvalue weighted by Gasteiger charge is -2.31. The zero-order valence-corrected chi connectivity index (χ0v) is 12.1. The average molecular weight is 316 g/mol. The minimum Gasteiger partial charge on any atom is -0.391 e. The first-order valence-corrected chi connectivity index (χ1v) is 5.75. The first-order chi connectivity index (χ1) is 8.44. The van der Waals surface area contributed by atoms with E-state index in [1.165, 1.54) is 0 Å². The van der Waals surface area contributed by atoms with Crippen molar-refractivity contribution in [2.24, 2.45) is 11.1 Å². The number of rotatable bonds is 2. The Morgan fingerprint density at radius 1 is 1.15 bits per heavy atom. The smallest absolute Gasteiger partial charge is 0.391 e. The van der Waals surface area contributed by atoms with E-state index in [0.717, 1.165) is 6.07 Å². The Morgan fingerprint density at radius 2 is 1.65 bits per heavy atom. The Labute approximate surface area is 121 Å². The fourth-order valence-corrected chi connectivity index (χ4v) is 1.69. The highest BCUT2D eigenvalue weighted by atomic mass is 35.5. The van der Waals surface area contributed by atoms with Crippen LogP contribution in [0.15, 0.2) is 18.2 Å². The Balaban J connectivity index is 0.00000361. The van der Waals surface area contributed by atoms with Crippen molar-refractivity contribution in [2.45, 2.75) is 39.1 Å². The molecular weight excluding hydrogens is 298 g/mol. The van der Waals surface area contributed by atoms with Gasteiger partial charge in [-0.1, -0.05) is 26.8 Å². The molecule has 0 amide bonds. The van der Waals surface area contributed by atoms with Crippen LogP contribution in [0.4, 0.5) is 17.6 Å². The molecule has 0 fully saturated rings. The molecule has 0 spiro atoms. The maximum absolute atomic E-state index is 13.1. The maximum Gasteiger partial charge on any atom is 0.419 e. The number of alkyl halides is 3. The van der Waals surface area contributed by atoms with Crippen LogP contribution < -0.4 is 5.73 Å². The molecule has 3 N–H and O–H groups in total. The number of benzene rings is 1. The highest BCUT2D eigenvalue weighted by molar-refractivity contribution is 5.85.